The van der Waals surface area contributed by atoms with Gasteiger partial charge in [-0.3, -0.25) is 0 Å². The van der Waals surface area contributed by atoms with Crippen LogP contribution < -0.4 is 0 Å². The molecule has 1 saturated heterocycles. The summed E-state index contributed by atoms with van der Waals surface area (Å²) < 4.78 is 2.46. The van der Waals surface area contributed by atoms with E-state index in [1.165, 1.54) is 42.1 Å². The molecule has 2 heterocycles. The summed E-state index contributed by atoms with van der Waals surface area (Å²) in [6.45, 7) is 2.65. The maximum atomic E-state index is 4.79. The molecule has 0 unspecified atom stereocenters. The Balaban J connectivity index is 1.53. The van der Waals surface area contributed by atoms with Crippen LogP contribution in [0.2, 0.25) is 0 Å². The predicted octanol–water partition coefficient (Wildman–Crippen LogP) is 4.01. The number of nitrogens with zero attached hydrogens (tertiary/aromatic N) is 2. The van der Waals surface area contributed by atoms with Crippen molar-refractivity contribution in [2.45, 2.75) is 31.2 Å². The summed E-state index contributed by atoms with van der Waals surface area (Å²) in [6.07, 6.45) is 4.04. The molecule has 0 spiro atoms. The van der Waals surface area contributed by atoms with E-state index in [-0.39, 0.29) is 0 Å². The number of halogens is 1. The lowest BCUT2D eigenvalue weighted by Gasteiger charge is -2.46. The fraction of sp³-hybridized carbons (Fsp3) is 0.500. The first-order chi connectivity index (χ1) is 8.79. The van der Waals surface area contributed by atoms with E-state index in [0.717, 1.165) is 16.0 Å². The number of likely N-dealkylation sites (tertiary alicyclic amines) is 1. The molecular weight excluding hydrogens is 308 g/mol. The van der Waals surface area contributed by atoms with Crippen molar-refractivity contribution >= 4 is 37.5 Å². The second kappa shape index (κ2) is 4.29. The van der Waals surface area contributed by atoms with Gasteiger partial charge in [-0.05, 0) is 50.6 Å². The standard InChI is InChI=1S/C14H15BrN2S/c15-10-2-3-12-13(8-10)18-14(16-12)9-6-11(7-9)17-4-1-5-17/h2-3,8-9,11H,1,4-7H2. The summed E-state index contributed by atoms with van der Waals surface area (Å²) >= 11 is 5.40. The third kappa shape index (κ3) is 1.82. The van der Waals surface area contributed by atoms with Gasteiger partial charge in [0, 0.05) is 16.4 Å². The molecule has 4 rings (SSSR count). The van der Waals surface area contributed by atoms with Crippen molar-refractivity contribution < 1.29 is 0 Å². The first-order valence-electron chi connectivity index (χ1n) is 6.59. The van der Waals surface area contributed by atoms with Crippen LogP contribution >= 0.6 is 27.3 Å². The van der Waals surface area contributed by atoms with Crippen LogP contribution in [0.5, 0.6) is 0 Å². The Labute approximate surface area is 119 Å². The molecule has 0 N–H and O–H groups in total. The van der Waals surface area contributed by atoms with E-state index in [4.69, 9.17) is 4.98 Å². The second-order valence-corrected chi connectivity index (χ2v) is 7.35. The molecule has 1 saturated carbocycles. The zero-order valence-corrected chi connectivity index (χ0v) is 12.5. The van der Waals surface area contributed by atoms with E-state index in [1.807, 2.05) is 11.3 Å². The summed E-state index contributed by atoms with van der Waals surface area (Å²) in [5, 5.41) is 1.35. The molecule has 94 valence electrons. The predicted molar refractivity (Wildman–Crippen MR) is 79.3 cm³/mol. The van der Waals surface area contributed by atoms with Gasteiger partial charge in [-0.1, -0.05) is 15.9 Å². The molecule has 1 aliphatic heterocycles. The maximum absolute atomic E-state index is 4.79. The van der Waals surface area contributed by atoms with Crippen molar-refractivity contribution in [2.24, 2.45) is 0 Å². The lowest BCUT2D eigenvalue weighted by atomic mass is 9.78. The molecule has 0 amide bonds. The van der Waals surface area contributed by atoms with Crippen LogP contribution in [-0.2, 0) is 0 Å². The van der Waals surface area contributed by atoms with Crippen LogP contribution in [0.25, 0.3) is 10.2 Å². The normalized spacial score (nSPS) is 28.1. The molecule has 0 atom stereocenters. The van der Waals surface area contributed by atoms with Gasteiger partial charge >= 0.3 is 0 Å². The average molecular weight is 323 g/mol. The Morgan fingerprint density at radius 3 is 2.83 bits per heavy atom. The largest absolute Gasteiger partial charge is 0.300 e. The summed E-state index contributed by atoms with van der Waals surface area (Å²) in [6, 6.07) is 7.23. The van der Waals surface area contributed by atoms with Crippen LogP contribution in [0, 0.1) is 0 Å². The van der Waals surface area contributed by atoms with Gasteiger partial charge in [-0.15, -0.1) is 11.3 Å². The molecule has 18 heavy (non-hydrogen) atoms. The van der Waals surface area contributed by atoms with Gasteiger partial charge in [-0.25, -0.2) is 4.98 Å². The molecule has 2 aliphatic rings. The number of benzene rings is 1. The Morgan fingerprint density at radius 2 is 2.11 bits per heavy atom. The average Bonchev–Trinajstić information content (AvgIpc) is 2.61. The minimum absolute atomic E-state index is 0.715. The maximum Gasteiger partial charge on any atom is 0.0970 e. The van der Waals surface area contributed by atoms with Gasteiger partial charge in [0.05, 0.1) is 15.2 Å². The second-order valence-electron chi connectivity index (χ2n) is 5.38. The van der Waals surface area contributed by atoms with Crippen molar-refractivity contribution in [1.29, 1.82) is 0 Å². The smallest absolute Gasteiger partial charge is 0.0970 e. The monoisotopic (exact) mass is 322 g/mol. The highest BCUT2D eigenvalue weighted by atomic mass is 79.9. The number of thiazole rings is 1. The van der Waals surface area contributed by atoms with Crippen molar-refractivity contribution in [1.82, 2.24) is 9.88 Å². The molecule has 2 nitrogen and oxygen atoms in total. The molecule has 0 radical (unpaired) electrons. The van der Waals surface area contributed by atoms with Crippen LogP contribution in [0.1, 0.15) is 30.2 Å². The van der Waals surface area contributed by atoms with E-state index >= 15 is 0 Å². The van der Waals surface area contributed by atoms with Crippen LogP contribution in [-0.4, -0.2) is 29.0 Å². The van der Waals surface area contributed by atoms with Gasteiger partial charge in [0.1, 0.15) is 0 Å². The Hall–Kier alpha value is -0.450. The van der Waals surface area contributed by atoms with Crippen LogP contribution in [0.15, 0.2) is 22.7 Å². The first-order valence-corrected chi connectivity index (χ1v) is 8.20. The summed E-state index contributed by atoms with van der Waals surface area (Å²) in [7, 11) is 0. The quantitative estimate of drug-likeness (QED) is 0.830. The highest BCUT2D eigenvalue weighted by Crippen LogP contribution is 2.43. The van der Waals surface area contributed by atoms with Crippen molar-refractivity contribution in [3.8, 4) is 0 Å². The minimum Gasteiger partial charge on any atom is -0.300 e. The van der Waals surface area contributed by atoms with E-state index in [0.29, 0.717) is 5.92 Å². The number of fused-ring (bicyclic) bond motifs is 1. The third-order valence-electron chi connectivity index (χ3n) is 4.24. The van der Waals surface area contributed by atoms with Gasteiger partial charge in [0.2, 0.25) is 0 Å². The Morgan fingerprint density at radius 1 is 1.28 bits per heavy atom. The topological polar surface area (TPSA) is 16.1 Å². The zero-order chi connectivity index (χ0) is 12.1. The lowest BCUT2D eigenvalue weighted by molar-refractivity contribution is 0.0541. The van der Waals surface area contributed by atoms with Crippen molar-refractivity contribution in [3.05, 3.63) is 27.7 Å². The van der Waals surface area contributed by atoms with E-state index in [2.05, 4.69) is 39.0 Å². The van der Waals surface area contributed by atoms with Gasteiger partial charge in [-0.2, -0.15) is 0 Å². The van der Waals surface area contributed by atoms with Crippen molar-refractivity contribution in [2.75, 3.05) is 13.1 Å². The number of hydrogen-bond donors (Lipinski definition) is 0. The van der Waals surface area contributed by atoms with E-state index in [1.54, 1.807) is 0 Å². The molecule has 1 aromatic heterocycles. The Kier molecular flexibility index (Phi) is 2.71. The molecule has 0 bridgehead atoms. The fourth-order valence-electron chi connectivity index (χ4n) is 2.88. The minimum atomic E-state index is 0.715. The highest BCUT2D eigenvalue weighted by molar-refractivity contribution is 9.10. The van der Waals surface area contributed by atoms with Gasteiger partial charge in [0.15, 0.2) is 0 Å². The molecule has 2 fully saturated rings. The van der Waals surface area contributed by atoms with Crippen LogP contribution in [0.3, 0.4) is 0 Å². The van der Waals surface area contributed by atoms with E-state index in [9.17, 15) is 0 Å². The molecule has 2 aromatic rings. The number of hydrogen-bond acceptors (Lipinski definition) is 3. The van der Waals surface area contributed by atoms with Gasteiger partial charge < -0.3 is 4.90 Å². The molecule has 1 aliphatic carbocycles. The molecule has 1 aromatic carbocycles. The summed E-state index contributed by atoms with van der Waals surface area (Å²) in [4.78, 5) is 7.42. The van der Waals surface area contributed by atoms with Gasteiger partial charge in [0.25, 0.3) is 0 Å². The third-order valence-corrected chi connectivity index (χ3v) is 5.91. The highest BCUT2D eigenvalue weighted by Gasteiger charge is 2.37. The van der Waals surface area contributed by atoms with E-state index < -0.39 is 0 Å². The number of aromatic nitrogens is 1. The molecule has 4 heteroatoms. The Bertz CT molecular complexity index is 584. The fourth-order valence-corrected chi connectivity index (χ4v) is 4.53. The number of rotatable bonds is 2. The molecular formula is C14H15BrN2S. The SMILES string of the molecule is Brc1ccc2nc(C3CC(N4CCC4)C3)sc2c1. The van der Waals surface area contributed by atoms with Crippen molar-refractivity contribution in [3.63, 3.8) is 0 Å². The summed E-state index contributed by atoms with van der Waals surface area (Å²) in [5.41, 5.74) is 1.16. The summed E-state index contributed by atoms with van der Waals surface area (Å²) in [5.74, 6) is 0.715. The van der Waals surface area contributed by atoms with Crippen LogP contribution in [0.4, 0.5) is 0 Å². The zero-order valence-electron chi connectivity index (χ0n) is 10.1. The first kappa shape index (κ1) is 11.4. The lowest BCUT2D eigenvalue weighted by Crippen LogP contribution is -2.50.